The zero-order chi connectivity index (χ0) is 14.9. The number of carboxylic acid groups (broad SMARTS) is 1. The first-order valence-electron chi connectivity index (χ1n) is 6.64. The smallest absolute Gasteiger partial charge is 0.308 e. The Bertz CT molecular complexity index is 596. The minimum atomic E-state index is -3.71. The SMILES string of the molecule is CCn1cncc1S(=O)(=O)N1CCC[C@H](C(=O)O)[C@@H]1C. The molecule has 0 unspecified atom stereocenters. The van der Waals surface area contributed by atoms with Gasteiger partial charge in [-0.3, -0.25) is 4.79 Å². The van der Waals surface area contributed by atoms with Gasteiger partial charge in [0.05, 0.1) is 18.4 Å². The minimum Gasteiger partial charge on any atom is -0.481 e. The summed E-state index contributed by atoms with van der Waals surface area (Å²) in [6, 6.07) is -0.550. The molecule has 0 amide bonds. The van der Waals surface area contributed by atoms with Gasteiger partial charge in [-0.2, -0.15) is 4.31 Å². The highest BCUT2D eigenvalue weighted by Crippen LogP contribution is 2.29. The third-order valence-corrected chi connectivity index (χ3v) is 5.84. The number of carboxylic acids is 1. The lowest BCUT2D eigenvalue weighted by atomic mass is 9.92. The van der Waals surface area contributed by atoms with Crippen molar-refractivity contribution in [1.29, 1.82) is 0 Å². The van der Waals surface area contributed by atoms with Crippen molar-refractivity contribution in [3.63, 3.8) is 0 Å². The number of piperidine rings is 1. The Morgan fingerprint density at radius 3 is 2.85 bits per heavy atom. The summed E-state index contributed by atoms with van der Waals surface area (Å²) in [5.74, 6) is -1.60. The van der Waals surface area contributed by atoms with Crippen LogP contribution in [0.1, 0.15) is 26.7 Å². The van der Waals surface area contributed by atoms with Gasteiger partial charge in [-0.25, -0.2) is 13.4 Å². The van der Waals surface area contributed by atoms with Gasteiger partial charge in [-0.1, -0.05) is 0 Å². The number of hydrogen-bond acceptors (Lipinski definition) is 4. The third kappa shape index (κ3) is 2.45. The average molecular weight is 301 g/mol. The highest BCUT2D eigenvalue weighted by atomic mass is 32.2. The van der Waals surface area contributed by atoms with Crippen LogP contribution in [0.4, 0.5) is 0 Å². The molecule has 1 aromatic rings. The predicted molar refractivity (Wildman–Crippen MR) is 71.6 cm³/mol. The molecule has 1 fully saturated rings. The Hall–Kier alpha value is -1.41. The summed E-state index contributed by atoms with van der Waals surface area (Å²) in [5.41, 5.74) is 0. The lowest BCUT2D eigenvalue weighted by Gasteiger charge is -2.36. The molecule has 8 heteroatoms. The maximum Gasteiger partial charge on any atom is 0.308 e. The summed E-state index contributed by atoms with van der Waals surface area (Å²) >= 11 is 0. The Kier molecular flexibility index (Phi) is 4.14. The van der Waals surface area contributed by atoms with Gasteiger partial charge in [-0.05, 0) is 26.7 Å². The molecule has 1 aromatic heterocycles. The first-order chi connectivity index (χ1) is 9.39. The van der Waals surface area contributed by atoms with E-state index in [4.69, 9.17) is 0 Å². The van der Waals surface area contributed by atoms with Crippen LogP contribution in [-0.4, -0.2) is 45.9 Å². The monoisotopic (exact) mass is 301 g/mol. The van der Waals surface area contributed by atoms with E-state index in [2.05, 4.69) is 4.98 Å². The van der Waals surface area contributed by atoms with Crippen LogP contribution in [0, 0.1) is 5.92 Å². The molecule has 0 aliphatic carbocycles. The highest BCUT2D eigenvalue weighted by Gasteiger charge is 2.40. The zero-order valence-corrected chi connectivity index (χ0v) is 12.4. The minimum absolute atomic E-state index is 0.123. The molecule has 1 aliphatic rings. The quantitative estimate of drug-likeness (QED) is 0.887. The van der Waals surface area contributed by atoms with E-state index in [0.29, 0.717) is 25.9 Å². The van der Waals surface area contributed by atoms with Crippen molar-refractivity contribution in [2.24, 2.45) is 5.92 Å². The first kappa shape index (κ1) is 15.0. The van der Waals surface area contributed by atoms with Crippen molar-refractivity contribution in [3.05, 3.63) is 12.5 Å². The van der Waals surface area contributed by atoms with Crippen molar-refractivity contribution in [3.8, 4) is 0 Å². The second kappa shape index (κ2) is 5.53. The Balaban J connectivity index is 2.36. The summed E-state index contributed by atoms with van der Waals surface area (Å²) in [7, 11) is -3.71. The van der Waals surface area contributed by atoms with Crippen molar-refractivity contribution in [2.75, 3.05) is 6.54 Å². The number of imidazole rings is 1. The van der Waals surface area contributed by atoms with Gasteiger partial charge in [-0.15, -0.1) is 0 Å². The first-order valence-corrected chi connectivity index (χ1v) is 8.08. The van der Waals surface area contributed by atoms with Crippen LogP contribution < -0.4 is 0 Å². The van der Waals surface area contributed by atoms with Gasteiger partial charge in [0.1, 0.15) is 0 Å². The number of sulfonamides is 1. The van der Waals surface area contributed by atoms with Gasteiger partial charge in [0, 0.05) is 19.1 Å². The number of nitrogens with zero attached hydrogens (tertiary/aromatic N) is 3. The number of hydrogen-bond donors (Lipinski definition) is 1. The zero-order valence-electron chi connectivity index (χ0n) is 11.6. The molecule has 1 aliphatic heterocycles. The van der Waals surface area contributed by atoms with Crippen LogP contribution in [0.15, 0.2) is 17.6 Å². The van der Waals surface area contributed by atoms with Gasteiger partial charge in [0.15, 0.2) is 5.03 Å². The van der Waals surface area contributed by atoms with Crippen molar-refractivity contribution < 1.29 is 18.3 Å². The number of rotatable bonds is 4. The molecule has 7 nitrogen and oxygen atoms in total. The van der Waals surface area contributed by atoms with Crippen LogP contribution in [0.5, 0.6) is 0 Å². The van der Waals surface area contributed by atoms with Crippen LogP contribution >= 0.6 is 0 Å². The van der Waals surface area contributed by atoms with E-state index in [-0.39, 0.29) is 5.03 Å². The van der Waals surface area contributed by atoms with Gasteiger partial charge in [0.25, 0.3) is 10.0 Å². The molecule has 0 spiro atoms. The summed E-state index contributed by atoms with van der Waals surface area (Å²) in [4.78, 5) is 15.1. The summed E-state index contributed by atoms with van der Waals surface area (Å²) in [6.07, 6.45) is 3.85. The van der Waals surface area contributed by atoms with E-state index in [9.17, 15) is 18.3 Å². The fraction of sp³-hybridized carbons (Fsp3) is 0.667. The summed E-state index contributed by atoms with van der Waals surface area (Å²) < 4.78 is 28.2. The molecular weight excluding hydrogens is 282 g/mol. The lowest BCUT2D eigenvalue weighted by molar-refractivity contribution is -0.144. The van der Waals surface area contributed by atoms with Crippen LogP contribution in [0.25, 0.3) is 0 Å². The molecule has 0 aromatic carbocycles. The van der Waals surface area contributed by atoms with Gasteiger partial charge < -0.3 is 9.67 Å². The Morgan fingerprint density at radius 1 is 1.55 bits per heavy atom. The molecule has 2 atom stereocenters. The normalized spacial score (nSPS) is 24.7. The van der Waals surface area contributed by atoms with Crippen molar-refractivity contribution in [1.82, 2.24) is 13.9 Å². The number of carbonyl (C=O) groups is 1. The average Bonchev–Trinajstić information content (AvgIpc) is 2.87. The maximum atomic E-state index is 12.7. The second-order valence-electron chi connectivity index (χ2n) is 4.96. The predicted octanol–water partition coefficient (Wildman–Crippen LogP) is 0.777. The fourth-order valence-electron chi connectivity index (χ4n) is 2.66. The highest BCUT2D eigenvalue weighted by molar-refractivity contribution is 7.89. The molecule has 112 valence electrons. The van der Waals surface area contributed by atoms with Crippen LogP contribution in [0.3, 0.4) is 0 Å². The molecule has 2 rings (SSSR count). The van der Waals surface area contributed by atoms with Crippen LogP contribution in [-0.2, 0) is 21.4 Å². The molecular formula is C12H19N3O4S. The fourth-order valence-corrected chi connectivity index (χ4v) is 4.52. The van der Waals surface area contributed by atoms with E-state index in [1.807, 2.05) is 6.92 Å². The molecule has 0 bridgehead atoms. The molecule has 0 radical (unpaired) electrons. The Morgan fingerprint density at radius 2 is 2.25 bits per heavy atom. The maximum absolute atomic E-state index is 12.7. The topological polar surface area (TPSA) is 92.5 Å². The van der Waals surface area contributed by atoms with Gasteiger partial charge in [0.2, 0.25) is 0 Å². The van der Waals surface area contributed by atoms with Crippen LogP contribution in [0.2, 0.25) is 0 Å². The Labute approximate surface area is 118 Å². The third-order valence-electron chi connectivity index (χ3n) is 3.84. The lowest BCUT2D eigenvalue weighted by Crippen LogP contribution is -2.49. The largest absolute Gasteiger partial charge is 0.481 e. The van der Waals surface area contributed by atoms with Crippen molar-refractivity contribution in [2.45, 2.75) is 44.3 Å². The molecule has 20 heavy (non-hydrogen) atoms. The molecule has 0 saturated carbocycles. The second-order valence-corrected chi connectivity index (χ2v) is 6.80. The van der Waals surface area contributed by atoms with Gasteiger partial charge >= 0.3 is 5.97 Å². The van der Waals surface area contributed by atoms with E-state index in [1.54, 1.807) is 11.5 Å². The standard InChI is InChI=1S/C12H19N3O4S/c1-3-14-8-13-7-11(14)20(18,19)15-6-4-5-10(9(15)2)12(16)17/h7-10H,3-6H2,1-2H3,(H,16,17)/t9-,10-/m0/s1. The molecule has 1 saturated heterocycles. The van der Waals surface area contributed by atoms with E-state index in [1.165, 1.54) is 16.8 Å². The summed E-state index contributed by atoms with van der Waals surface area (Å²) in [6.45, 7) is 4.34. The summed E-state index contributed by atoms with van der Waals surface area (Å²) in [5, 5.41) is 9.31. The molecule has 2 heterocycles. The van der Waals surface area contributed by atoms with E-state index >= 15 is 0 Å². The number of aliphatic carboxylic acids is 1. The molecule has 1 N–H and O–H groups in total. The van der Waals surface area contributed by atoms with E-state index in [0.717, 1.165) is 0 Å². The number of aryl methyl sites for hydroxylation is 1. The van der Waals surface area contributed by atoms with E-state index < -0.39 is 28.0 Å². The van der Waals surface area contributed by atoms with Crippen molar-refractivity contribution >= 4 is 16.0 Å². The number of aromatic nitrogens is 2.